The summed E-state index contributed by atoms with van der Waals surface area (Å²) < 4.78 is 0. The fraction of sp³-hybridized carbons (Fsp3) is 0. The van der Waals surface area contributed by atoms with Crippen molar-refractivity contribution >= 4 is 44.6 Å². The molecule has 27 heavy (non-hydrogen) atoms. The molecule has 0 unspecified atom stereocenters. The van der Waals surface area contributed by atoms with Crippen LogP contribution in [-0.2, 0) is 0 Å². The molecule has 0 amide bonds. The first kappa shape index (κ1) is 17.3. The number of hydrogen-bond acceptors (Lipinski definition) is 10. The highest BCUT2D eigenvalue weighted by molar-refractivity contribution is 6.07. The van der Waals surface area contributed by atoms with Crippen molar-refractivity contribution in [3.63, 3.8) is 0 Å². The van der Waals surface area contributed by atoms with Crippen LogP contribution in [0.2, 0.25) is 0 Å². The van der Waals surface area contributed by atoms with Crippen molar-refractivity contribution in [3.05, 3.63) is 64.7 Å². The molecule has 14 heteroatoms. The maximum absolute atomic E-state index is 11.4. The highest BCUT2D eigenvalue weighted by atomic mass is 16.7. The van der Waals surface area contributed by atoms with E-state index in [4.69, 9.17) is 0 Å². The van der Waals surface area contributed by atoms with Crippen LogP contribution in [0.1, 0.15) is 0 Å². The lowest BCUT2D eigenvalue weighted by Crippen LogP contribution is -2.04. The number of hydrogen-bond donors (Lipinski definition) is 1. The molecule has 2 aromatic carbocycles. The third kappa shape index (κ3) is 2.48. The van der Waals surface area contributed by atoms with E-state index < -0.39 is 59.1 Å². The van der Waals surface area contributed by atoms with Gasteiger partial charge in [-0.05, 0) is 6.07 Å². The molecule has 3 aromatic rings. The van der Waals surface area contributed by atoms with Crippen molar-refractivity contribution < 1.29 is 24.8 Å². The van der Waals surface area contributed by atoms with Gasteiger partial charge in [-0.3, -0.25) is 40.5 Å². The fourth-order valence-corrected chi connectivity index (χ4v) is 2.67. The van der Waals surface area contributed by atoms with E-state index in [2.05, 4.69) is 4.98 Å². The Balaban J connectivity index is 2.67. The van der Waals surface area contributed by atoms with Crippen LogP contribution < -0.4 is 0 Å². The summed E-state index contributed by atoms with van der Waals surface area (Å²) in [6.07, 6.45) is 0. The smallest absolute Gasteiger partial charge is 0.428 e. The van der Waals surface area contributed by atoms with Crippen molar-refractivity contribution in [2.75, 3.05) is 0 Å². The number of para-hydroxylation sites is 1. The lowest BCUT2D eigenvalue weighted by atomic mass is 10.1. The topological polar surface area (TPSA) is 206 Å². The summed E-state index contributed by atoms with van der Waals surface area (Å²) in [6, 6.07) is 4.67. The minimum atomic E-state index is -1.57. The number of benzene rings is 2. The van der Waals surface area contributed by atoms with Crippen LogP contribution in [0.3, 0.4) is 0 Å². The van der Waals surface area contributed by atoms with Gasteiger partial charge in [-0.1, -0.05) is 12.1 Å². The minimum Gasteiger partial charge on any atom is -0.501 e. The number of nitro benzene ring substituents is 4. The van der Waals surface area contributed by atoms with Crippen molar-refractivity contribution in [2.24, 2.45) is 0 Å². The van der Waals surface area contributed by atoms with Crippen LogP contribution >= 0.6 is 0 Å². The Morgan fingerprint density at radius 2 is 1.37 bits per heavy atom. The fourth-order valence-electron chi connectivity index (χ4n) is 2.67. The Hall–Kier alpha value is -4.49. The summed E-state index contributed by atoms with van der Waals surface area (Å²) in [5, 5.41) is 54.6. The predicted molar refractivity (Wildman–Crippen MR) is 87.5 cm³/mol. The molecule has 136 valence electrons. The highest BCUT2D eigenvalue weighted by Gasteiger charge is 2.43. The van der Waals surface area contributed by atoms with E-state index in [1.165, 1.54) is 12.1 Å². The summed E-state index contributed by atoms with van der Waals surface area (Å²) in [7, 11) is 0. The summed E-state index contributed by atoms with van der Waals surface area (Å²) in [6.45, 7) is 0. The van der Waals surface area contributed by atoms with Gasteiger partial charge < -0.3 is 5.11 Å². The van der Waals surface area contributed by atoms with E-state index in [-0.39, 0.29) is 10.9 Å². The number of aromatic nitrogens is 1. The van der Waals surface area contributed by atoms with Gasteiger partial charge in [0.2, 0.25) is 5.75 Å². The first-order valence-corrected chi connectivity index (χ1v) is 6.85. The quantitative estimate of drug-likeness (QED) is 0.400. The van der Waals surface area contributed by atoms with Crippen molar-refractivity contribution in [2.45, 2.75) is 0 Å². The van der Waals surface area contributed by atoms with Gasteiger partial charge in [0.25, 0.3) is 5.69 Å². The number of phenols is 1. The lowest BCUT2D eigenvalue weighted by Gasteiger charge is -2.06. The molecule has 0 saturated carbocycles. The SMILES string of the molecule is O=[N+]([O-])c1c([N+](=O)[O-])c([N+](=O)[O-])c2nc3c([N+](=O)[O-])cccc3cc2c1O. The Labute approximate surface area is 145 Å². The standard InChI is InChI=1S/C13H5N5O9/c19-13-6-4-5-2-1-3-7(15(20)21)8(5)14-9(6)10(16(22)23)11(17(24)25)12(13)18(26)27/h1-4,19H. The highest BCUT2D eigenvalue weighted by Crippen LogP contribution is 2.49. The molecule has 0 aliphatic heterocycles. The van der Waals surface area contributed by atoms with E-state index >= 15 is 0 Å². The number of non-ortho nitro benzene ring substituents is 1. The molecular weight excluding hydrogens is 370 g/mol. The Morgan fingerprint density at radius 3 is 1.89 bits per heavy atom. The van der Waals surface area contributed by atoms with Gasteiger partial charge in [-0.15, -0.1) is 0 Å². The molecule has 0 atom stereocenters. The second kappa shape index (κ2) is 5.80. The molecule has 1 N–H and O–H groups in total. The van der Waals surface area contributed by atoms with Crippen LogP contribution in [0.4, 0.5) is 22.7 Å². The van der Waals surface area contributed by atoms with E-state index in [0.717, 1.165) is 12.1 Å². The normalized spacial score (nSPS) is 10.8. The molecule has 3 rings (SSSR count). The number of pyridine rings is 1. The zero-order chi connectivity index (χ0) is 20.0. The van der Waals surface area contributed by atoms with Crippen molar-refractivity contribution in [3.8, 4) is 5.75 Å². The zero-order valence-corrected chi connectivity index (χ0v) is 12.8. The molecule has 14 nitrogen and oxygen atoms in total. The first-order chi connectivity index (χ1) is 12.6. The van der Waals surface area contributed by atoms with Crippen LogP contribution in [0.25, 0.3) is 21.8 Å². The molecule has 0 aliphatic carbocycles. The molecule has 0 fully saturated rings. The van der Waals surface area contributed by atoms with Gasteiger partial charge in [-0.25, -0.2) is 4.98 Å². The first-order valence-electron chi connectivity index (χ1n) is 6.85. The third-order valence-electron chi connectivity index (χ3n) is 3.72. The molecular formula is C13H5N5O9. The van der Waals surface area contributed by atoms with Gasteiger partial charge in [0.15, 0.2) is 5.52 Å². The molecule has 0 radical (unpaired) electrons. The van der Waals surface area contributed by atoms with Crippen LogP contribution in [-0.4, -0.2) is 29.8 Å². The summed E-state index contributed by atoms with van der Waals surface area (Å²) >= 11 is 0. The largest absolute Gasteiger partial charge is 0.501 e. The van der Waals surface area contributed by atoms with Crippen LogP contribution in [0, 0.1) is 40.5 Å². The van der Waals surface area contributed by atoms with Crippen LogP contribution in [0.5, 0.6) is 5.75 Å². The number of nitro groups is 4. The predicted octanol–water partition coefficient (Wildman–Crippen LogP) is 2.73. The second-order valence-electron chi connectivity index (χ2n) is 5.16. The Morgan fingerprint density at radius 1 is 0.778 bits per heavy atom. The van der Waals surface area contributed by atoms with E-state index in [0.29, 0.717) is 0 Å². The number of phenolic OH excluding ortho intramolecular Hbond substituents is 1. The molecule has 0 aliphatic rings. The van der Waals surface area contributed by atoms with Crippen LogP contribution in [0.15, 0.2) is 24.3 Å². The van der Waals surface area contributed by atoms with Gasteiger partial charge >= 0.3 is 17.1 Å². The Kier molecular flexibility index (Phi) is 3.72. The van der Waals surface area contributed by atoms with E-state index in [1.807, 2.05) is 0 Å². The number of fused-ring (bicyclic) bond motifs is 2. The number of rotatable bonds is 4. The second-order valence-corrected chi connectivity index (χ2v) is 5.16. The van der Waals surface area contributed by atoms with Crippen molar-refractivity contribution in [1.29, 1.82) is 0 Å². The van der Waals surface area contributed by atoms with E-state index in [9.17, 15) is 45.6 Å². The summed E-state index contributed by atoms with van der Waals surface area (Å²) in [5.74, 6) is -1.20. The van der Waals surface area contributed by atoms with Gasteiger partial charge in [-0.2, -0.15) is 0 Å². The van der Waals surface area contributed by atoms with Crippen molar-refractivity contribution in [1.82, 2.24) is 4.98 Å². The molecule has 1 heterocycles. The number of aromatic hydroxyl groups is 1. The number of nitrogens with zero attached hydrogens (tertiary/aromatic N) is 5. The maximum Gasteiger partial charge on any atom is 0.428 e. The molecule has 1 aromatic heterocycles. The van der Waals surface area contributed by atoms with Gasteiger partial charge in [0.1, 0.15) is 5.52 Å². The van der Waals surface area contributed by atoms with Gasteiger partial charge in [0.05, 0.1) is 25.1 Å². The maximum atomic E-state index is 11.4. The zero-order valence-electron chi connectivity index (χ0n) is 12.8. The minimum absolute atomic E-state index is 0.0458. The average molecular weight is 375 g/mol. The molecule has 0 bridgehead atoms. The summed E-state index contributed by atoms with van der Waals surface area (Å²) in [4.78, 5) is 43.9. The summed E-state index contributed by atoms with van der Waals surface area (Å²) in [5.41, 5.74) is -6.03. The monoisotopic (exact) mass is 375 g/mol. The Bertz CT molecular complexity index is 1210. The third-order valence-corrected chi connectivity index (χ3v) is 3.72. The molecule has 0 spiro atoms. The average Bonchev–Trinajstić information content (AvgIpc) is 2.58. The van der Waals surface area contributed by atoms with E-state index in [1.54, 1.807) is 0 Å². The molecule has 0 saturated heterocycles. The van der Waals surface area contributed by atoms with Gasteiger partial charge in [0, 0.05) is 11.5 Å². The lowest BCUT2D eigenvalue weighted by molar-refractivity contribution is -0.440.